The summed E-state index contributed by atoms with van der Waals surface area (Å²) in [4.78, 5) is 82.2. The molecule has 4 aromatic rings. The zero-order chi connectivity index (χ0) is 50.4. The maximum Gasteiger partial charge on any atom is 0.409 e. The Labute approximate surface area is 426 Å². The third-order valence-corrected chi connectivity index (χ3v) is 16.5. The molecule has 2 N–H and O–H groups in total. The molecule has 4 fully saturated rings. The quantitative estimate of drug-likeness (QED) is 0.135. The van der Waals surface area contributed by atoms with E-state index in [1.165, 1.54) is 59.3 Å². The van der Waals surface area contributed by atoms with Crippen LogP contribution in [0.15, 0.2) is 81.5 Å². The van der Waals surface area contributed by atoms with Crippen molar-refractivity contribution in [3.63, 3.8) is 0 Å². The predicted octanol–water partition coefficient (Wildman–Crippen LogP) is 6.13. The summed E-state index contributed by atoms with van der Waals surface area (Å²) in [5, 5.41) is 3.96. The van der Waals surface area contributed by atoms with Gasteiger partial charge in [-0.1, -0.05) is 34.6 Å². The molecule has 8 rings (SSSR count). The molecule has 4 amide bonds. The number of piperazine rings is 2. The highest BCUT2D eigenvalue weighted by Gasteiger charge is 2.40. The minimum absolute atomic E-state index is 0. The van der Waals surface area contributed by atoms with Crippen LogP contribution in [0.5, 0.6) is 0 Å². The fourth-order valence-electron chi connectivity index (χ4n) is 8.54. The second kappa shape index (κ2) is 22.3. The molecule has 0 saturated carbocycles. The number of hydrogen-bond donors (Lipinski definition) is 2. The molecule has 6 heterocycles. The number of nitrogens with zero attached hydrogens (tertiary/aromatic N) is 8. The Morgan fingerprint density at radius 1 is 0.671 bits per heavy atom. The molecule has 4 aliphatic rings. The Morgan fingerprint density at radius 3 is 1.46 bits per heavy atom. The molecule has 70 heavy (non-hydrogen) atoms. The first kappa shape index (κ1) is 52.3. The molecular weight excluding hydrogens is 981 g/mol. The Balaban J connectivity index is 0.000000705. The molecule has 0 aliphatic carbocycles. The number of carbonyl (C=O) groups is 5. The molecule has 2 aromatic heterocycles. The van der Waals surface area contributed by atoms with Crippen LogP contribution in [-0.4, -0.2) is 160 Å². The highest BCUT2D eigenvalue weighted by Crippen LogP contribution is 2.30. The van der Waals surface area contributed by atoms with Gasteiger partial charge in [0.15, 0.2) is 10.3 Å². The van der Waals surface area contributed by atoms with E-state index < -0.39 is 26.0 Å². The lowest BCUT2D eigenvalue weighted by Crippen LogP contribution is -2.55. The maximum atomic E-state index is 13.2. The van der Waals surface area contributed by atoms with Crippen molar-refractivity contribution in [2.45, 2.75) is 75.8 Å². The van der Waals surface area contributed by atoms with Crippen molar-refractivity contribution in [1.82, 2.24) is 29.6 Å². The molecule has 2 aromatic carbocycles. The van der Waals surface area contributed by atoms with Crippen molar-refractivity contribution in [3.8, 4) is 0 Å². The number of thiazole rings is 2. The summed E-state index contributed by atoms with van der Waals surface area (Å²) >= 11 is 2.39. The summed E-state index contributed by atoms with van der Waals surface area (Å²) in [6.45, 7) is 15.4. The molecule has 2 atom stereocenters. The minimum atomic E-state index is -3.76. The van der Waals surface area contributed by atoms with Crippen LogP contribution in [0.4, 0.5) is 26.4 Å². The molecule has 0 spiro atoms. The van der Waals surface area contributed by atoms with Crippen LogP contribution in [0.1, 0.15) is 62.4 Å². The summed E-state index contributed by atoms with van der Waals surface area (Å²) in [6, 6.07) is 12.0. The number of aromatic nitrogens is 2. The van der Waals surface area contributed by atoms with Gasteiger partial charge in [0.05, 0.1) is 28.5 Å². The van der Waals surface area contributed by atoms with Gasteiger partial charge >= 0.3 is 6.09 Å². The number of hydrogen-bond acceptors (Lipinski definition) is 16. The average Bonchev–Trinajstić information content (AvgIpc) is 4.17. The van der Waals surface area contributed by atoms with E-state index in [2.05, 4.69) is 29.2 Å². The summed E-state index contributed by atoms with van der Waals surface area (Å²) < 4.78 is 60.4. The second-order valence-electron chi connectivity index (χ2n) is 18.9. The number of carbonyl (C=O) groups excluding carboxylic acids is 5. The molecule has 0 bridgehead atoms. The largest absolute Gasteiger partial charge is 0.449 e. The van der Waals surface area contributed by atoms with Gasteiger partial charge in [-0.15, -0.1) is 22.7 Å². The molecule has 24 heteroatoms. The van der Waals surface area contributed by atoms with Crippen LogP contribution in [0.2, 0.25) is 0 Å². The Kier molecular flexibility index (Phi) is 16.6. The predicted molar refractivity (Wildman–Crippen MR) is 279 cm³/mol. The molecular formula is C46H72N10O10S4. The number of amides is 4. The van der Waals surface area contributed by atoms with Gasteiger partial charge < -0.3 is 24.3 Å². The highest BCUT2D eigenvalue weighted by molar-refractivity contribution is 7.93. The van der Waals surface area contributed by atoms with Gasteiger partial charge in [0.2, 0.25) is 17.6 Å². The van der Waals surface area contributed by atoms with Gasteiger partial charge in [0, 0.05) is 115 Å². The Morgan fingerprint density at radius 2 is 1.09 bits per heavy atom. The van der Waals surface area contributed by atoms with Crippen LogP contribution in [-0.2, 0) is 44.0 Å². The molecule has 0 radical (unpaired) electrons. The standard InChI is InChI=1S/C24H31N5O5S2.C22H29N5O5S2.6H2/c1-24(2,3)16-20(30)22(32)28-13-11-27(12-14-28)19-8-10-29(21(19)31)17-4-6-18(7-5-17)36(33,34)26-23-25-9-15-35-23;1-16(2)15-32-22(29)26-12-10-25(11-13-26)19-7-9-27(20(19)28)17-3-5-18(6-4-17)34(30,31)24-21-23-8-14-33-21;;;;;;/h4-7,9,15,19H,8,10-14,16H2,1-3H3,(H,25,26);3-6,8,14,16,19H,7,9-13,15H2,1-2H3,(H,23,24);6*1H/t2*19-;;;;;;/m00....../s1. The average molecular weight is 1050 g/mol. The maximum absolute atomic E-state index is 13.2. The van der Waals surface area contributed by atoms with Crippen molar-refractivity contribution >= 4 is 94.0 Å². The van der Waals surface area contributed by atoms with Crippen LogP contribution >= 0.6 is 22.7 Å². The smallest absolute Gasteiger partial charge is 0.409 e. The van der Waals surface area contributed by atoms with E-state index in [-0.39, 0.29) is 77.0 Å². The number of benzene rings is 2. The number of sulfonamides is 2. The van der Waals surface area contributed by atoms with E-state index in [1.54, 1.807) is 54.6 Å². The molecule has 20 nitrogen and oxygen atoms in total. The fourth-order valence-corrected chi connectivity index (χ4v) is 12.1. The molecule has 4 saturated heterocycles. The monoisotopic (exact) mass is 1050 g/mol. The van der Waals surface area contributed by atoms with Crippen LogP contribution < -0.4 is 19.2 Å². The van der Waals surface area contributed by atoms with Crippen molar-refractivity contribution in [1.29, 1.82) is 0 Å². The van der Waals surface area contributed by atoms with Gasteiger partial charge in [-0.2, -0.15) is 0 Å². The van der Waals surface area contributed by atoms with Gasteiger partial charge in [-0.25, -0.2) is 31.6 Å². The Hall–Kier alpha value is -5.53. The number of ether oxygens (including phenoxy) is 1. The minimum Gasteiger partial charge on any atom is -0.449 e. The van der Waals surface area contributed by atoms with Gasteiger partial charge in [-0.3, -0.25) is 38.4 Å². The van der Waals surface area contributed by atoms with E-state index in [0.717, 1.165) is 0 Å². The first-order chi connectivity index (χ1) is 33.2. The van der Waals surface area contributed by atoms with Crippen LogP contribution in [0, 0.1) is 11.3 Å². The van der Waals surface area contributed by atoms with Crippen molar-refractivity contribution < 1.29 is 54.1 Å². The van der Waals surface area contributed by atoms with Crippen molar-refractivity contribution in [2.24, 2.45) is 11.3 Å². The number of ketones is 1. The van der Waals surface area contributed by atoms with E-state index >= 15 is 0 Å². The van der Waals surface area contributed by atoms with Gasteiger partial charge in [0.25, 0.3) is 26.0 Å². The normalized spacial score (nSPS) is 19.6. The number of rotatable bonds is 14. The summed E-state index contributed by atoms with van der Waals surface area (Å²) in [5.74, 6) is -0.576. The Bertz CT molecular complexity index is 2710. The highest BCUT2D eigenvalue weighted by atomic mass is 32.2. The van der Waals surface area contributed by atoms with Crippen LogP contribution in [0.25, 0.3) is 0 Å². The number of Topliss-reactive ketones (excluding diaryl/α,β-unsaturated/α-hetero) is 1. The lowest BCUT2D eigenvalue weighted by molar-refractivity contribution is -0.147. The van der Waals surface area contributed by atoms with Crippen molar-refractivity contribution in [2.75, 3.05) is 91.3 Å². The summed E-state index contributed by atoms with van der Waals surface area (Å²) in [5.41, 5.74) is 1.06. The van der Waals surface area contributed by atoms with Gasteiger partial charge in [0.1, 0.15) is 0 Å². The van der Waals surface area contributed by atoms with E-state index in [9.17, 15) is 40.8 Å². The first-order valence-electron chi connectivity index (χ1n) is 23.1. The number of anilines is 4. The summed E-state index contributed by atoms with van der Waals surface area (Å²) in [6.07, 6.45) is 4.28. The molecule has 390 valence electrons. The summed E-state index contributed by atoms with van der Waals surface area (Å²) in [7, 11) is -7.51. The van der Waals surface area contributed by atoms with Crippen molar-refractivity contribution in [3.05, 3.63) is 71.7 Å². The topological polar surface area (TPSA) is 232 Å². The van der Waals surface area contributed by atoms with E-state index in [0.29, 0.717) is 101 Å². The first-order valence-corrected chi connectivity index (χ1v) is 27.8. The third-order valence-electron chi connectivity index (χ3n) is 12.1. The SMILES string of the molecule is CC(C)(C)CC(=O)C(=O)N1CCN([C@H]2CCN(c3ccc(S(=O)(=O)Nc4nccs4)cc3)C2=O)CC1.CC(C)COC(=O)N1CCN([C@H]2CCN(c3ccc(S(=O)(=O)Nc4nccs4)cc3)C2=O)CC1.[HH].[HH].[HH].[HH].[HH].[HH]. The third kappa shape index (κ3) is 13.1. The second-order valence-corrected chi connectivity index (χ2v) is 24.1. The number of nitrogens with one attached hydrogen (secondary N) is 2. The van der Waals surface area contributed by atoms with E-state index in [4.69, 9.17) is 4.74 Å². The lowest BCUT2D eigenvalue weighted by atomic mass is 9.89. The zero-order valence-corrected chi connectivity index (χ0v) is 43.1. The van der Waals surface area contributed by atoms with Gasteiger partial charge in [-0.05, 0) is 72.7 Å². The zero-order valence-electron chi connectivity index (χ0n) is 39.9. The lowest BCUT2D eigenvalue weighted by Gasteiger charge is -2.37. The van der Waals surface area contributed by atoms with Crippen LogP contribution in [0.3, 0.4) is 0 Å². The fraction of sp³-hybridized carbons (Fsp3) is 0.500. The molecule has 4 aliphatic heterocycles. The molecule has 0 unspecified atom stereocenters. The van der Waals surface area contributed by atoms with E-state index in [1.807, 2.05) is 34.6 Å².